The van der Waals surface area contributed by atoms with Crippen LogP contribution in [0.3, 0.4) is 0 Å². The SMILES string of the molecule is N#Cc1cccc(C(=N)N2C(c3ccccc3)[N@@]2Cc2cccc(Nc3cc(-c4cccc5c4sc4ccccc45)ccc3-c3ccccc3)c2)c1. The third kappa shape index (κ3) is 5.88. The Labute approximate surface area is 306 Å². The second-order valence-electron chi connectivity index (χ2n) is 13.0. The number of fused-ring (bicyclic) bond motifs is 3. The molecule has 0 aliphatic carbocycles. The van der Waals surface area contributed by atoms with Crippen molar-refractivity contribution >= 4 is 48.7 Å². The van der Waals surface area contributed by atoms with E-state index < -0.39 is 0 Å². The van der Waals surface area contributed by atoms with Crippen molar-refractivity contribution in [1.29, 1.82) is 10.7 Å². The molecular formula is C46H33N5S. The zero-order chi connectivity index (χ0) is 35.0. The molecule has 1 unspecified atom stereocenters. The Bertz CT molecular complexity index is 2640. The predicted molar refractivity (Wildman–Crippen MR) is 214 cm³/mol. The summed E-state index contributed by atoms with van der Waals surface area (Å²) in [6.07, 6.45) is -0.0750. The number of hydrogen-bond donors (Lipinski definition) is 2. The molecule has 2 heterocycles. The van der Waals surface area contributed by atoms with Crippen LogP contribution in [0.2, 0.25) is 0 Å². The number of anilines is 2. The highest BCUT2D eigenvalue weighted by atomic mass is 32.1. The van der Waals surface area contributed by atoms with Crippen molar-refractivity contribution in [2.75, 3.05) is 5.32 Å². The fourth-order valence-corrected chi connectivity index (χ4v) is 8.41. The first-order valence-corrected chi connectivity index (χ1v) is 18.1. The molecule has 2 atom stereocenters. The van der Waals surface area contributed by atoms with E-state index in [-0.39, 0.29) is 6.17 Å². The van der Waals surface area contributed by atoms with Gasteiger partial charge in [0.05, 0.1) is 11.6 Å². The van der Waals surface area contributed by atoms with Gasteiger partial charge in [0.1, 0.15) is 12.0 Å². The average molecular weight is 688 g/mol. The maximum atomic E-state index is 9.48. The highest BCUT2D eigenvalue weighted by molar-refractivity contribution is 7.26. The average Bonchev–Trinajstić information content (AvgIpc) is 3.78. The Morgan fingerprint density at radius 3 is 2.27 bits per heavy atom. The standard InChI is InChI=1S/C46H33N5S/c47-29-31-12-9-18-36(26-31)45(48)51-46(34-16-5-2-6-17-34)50(51)30-32-13-10-19-37(27-32)49-42-28-35(24-25-38(42)33-14-3-1-4-15-33)39-21-11-22-41-40-20-7-8-23-43(40)52-44(39)41/h1-28,46,48-49H,30H2/t46?,50-,51?/m1/s1. The molecule has 6 heteroatoms. The number of nitrogens with zero attached hydrogens (tertiary/aromatic N) is 3. The fraction of sp³-hybridized carbons (Fsp3) is 0.0435. The second kappa shape index (κ2) is 13.3. The van der Waals surface area contributed by atoms with Crippen LogP contribution in [0.15, 0.2) is 170 Å². The topological polar surface area (TPSA) is 65.7 Å². The van der Waals surface area contributed by atoms with Crippen molar-refractivity contribution < 1.29 is 0 Å². The molecular weight excluding hydrogens is 655 g/mol. The van der Waals surface area contributed by atoms with Gasteiger partial charge in [-0.2, -0.15) is 10.3 Å². The quantitative estimate of drug-likeness (QED) is 0.0948. The molecule has 8 aromatic rings. The smallest absolute Gasteiger partial charge is 0.144 e. The summed E-state index contributed by atoms with van der Waals surface area (Å²) >= 11 is 1.85. The maximum absolute atomic E-state index is 9.48. The van der Waals surface area contributed by atoms with Crippen LogP contribution in [0.25, 0.3) is 42.4 Å². The first kappa shape index (κ1) is 31.5. The first-order chi connectivity index (χ1) is 25.6. The molecule has 0 radical (unpaired) electrons. The molecule has 248 valence electrons. The van der Waals surface area contributed by atoms with Gasteiger partial charge >= 0.3 is 0 Å². The van der Waals surface area contributed by atoms with Crippen molar-refractivity contribution in [3.05, 3.63) is 192 Å². The number of hydrogen-bond acceptors (Lipinski definition) is 5. The van der Waals surface area contributed by atoms with Crippen molar-refractivity contribution in [3.63, 3.8) is 0 Å². The van der Waals surface area contributed by atoms with Crippen LogP contribution in [0.5, 0.6) is 0 Å². The van der Waals surface area contributed by atoms with Crippen LogP contribution >= 0.6 is 11.3 Å². The van der Waals surface area contributed by atoms with Crippen molar-refractivity contribution in [3.8, 4) is 28.3 Å². The number of hydrazine groups is 1. The normalized spacial score (nSPS) is 15.0. The molecule has 1 aromatic heterocycles. The zero-order valence-electron chi connectivity index (χ0n) is 28.2. The van der Waals surface area contributed by atoms with E-state index in [1.54, 1.807) is 12.1 Å². The third-order valence-electron chi connectivity index (χ3n) is 9.70. The molecule has 1 aliphatic rings. The number of amidine groups is 1. The van der Waals surface area contributed by atoms with E-state index in [0.717, 1.165) is 39.2 Å². The van der Waals surface area contributed by atoms with Gasteiger partial charge < -0.3 is 5.32 Å². The molecule has 2 N–H and O–H groups in total. The van der Waals surface area contributed by atoms with Gasteiger partial charge in [0.25, 0.3) is 0 Å². The van der Waals surface area contributed by atoms with Gasteiger partial charge in [-0.1, -0.05) is 133 Å². The second-order valence-corrected chi connectivity index (χ2v) is 14.1. The number of nitrogens with one attached hydrogen (secondary N) is 2. The summed E-state index contributed by atoms with van der Waals surface area (Å²) in [4.78, 5) is 0. The Morgan fingerprint density at radius 1 is 0.673 bits per heavy atom. The van der Waals surface area contributed by atoms with Gasteiger partial charge in [0.2, 0.25) is 0 Å². The lowest BCUT2D eigenvalue weighted by molar-refractivity contribution is 0.391. The Hall–Kier alpha value is -6.52. The molecule has 0 bridgehead atoms. The molecule has 0 spiro atoms. The summed E-state index contributed by atoms with van der Waals surface area (Å²) < 4.78 is 2.59. The molecule has 7 aromatic carbocycles. The predicted octanol–water partition coefficient (Wildman–Crippen LogP) is 11.8. The maximum Gasteiger partial charge on any atom is 0.144 e. The summed E-state index contributed by atoms with van der Waals surface area (Å²) in [7, 11) is 0. The van der Waals surface area contributed by atoms with Crippen LogP contribution in [-0.4, -0.2) is 15.9 Å². The summed E-state index contributed by atoms with van der Waals surface area (Å²) in [5.74, 6) is 0.373. The highest BCUT2D eigenvalue weighted by Gasteiger charge is 2.48. The summed E-state index contributed by atoms with van der Waals surface area (Å²) in [5.41, 5.74) is 10.2. The third-order valence-corrected chi connectivity index (χ3v) is 10.9. The summed E-state index contributed by atoms with van der Waals surface area (Å²) in [5, 5.41) is 29.2. The lowest BCUT2D eigenvalue weighted by atomic mass is 9.97. The van der Waals surface area contributed by atoms with E-state index in [1.807, 2.05) is 46.7 Å². The molecule has 52 heavy (non-hydrogen) atoms. The summed E-state index contributed by atoms with van der Waals surface area (Å²) in [6.45, 7) is 0.620. The van der Waals surface area contributed by atoms with Crippen molar-refractivity contribution in [2.45, 2.75) is 12.7 Å². The zero-order valence-corrected chi connectivity index (χ0v) is 29.0. The number of benzene rings is 7. The van der Waals surface area contributed by atoms with Crippen LogP contribution < -0.4 is 5.32 Å². The molecule has 1 aliphatic heterocycles. The van der Waals surface area contributed by atoms with Gasteiger partial charge in [0, 0.05) is 49.2 Å². The van der Waals surface area contributed by atoms with Crippen molar-refractivity contribution in [2.24, 2.45) is 0 Å². The highest BCUT2D eigenvalue weighted by Crippen LogP contribution is 2.45. The van der Waals surface area contributed by atoms with Crippen molar-refractivity contribution in [1.82, 2.24) is 10.0 Å². The van der Waals surface area contributed by atoms with Crippen LogP contribution in [0, 0.1) is 16.7 Å². The molecule has 1 saturated heterocycles. The number of thiophene rings is 1. The minimum atomic E-state index is -0.0750. The molecule has 0 amide bonds. The van der Waals surface area contributed by atoms with Gasteiger partial charge in [-0.05, 0) is 64.2 Å². The van der Waals surface area contributed by atoms with Gasteiger partial charge in [-0.3, -0.25) is 10.4 Å². The number of rotatable bonds is 8. The minimum absolute atomic E-state index is 0.0750. The van der Waals surface area contributed by atoms with E-state index in [0.29, 0.717) is 17.9 Å². The van der Waals surface area contributed by atoms with E-state index in [4.69, 9.17) is 5.41 Å². The lowest BCUT2D eigenvalue weighted by Gasteiger charge is -2.16. The molecule has 5 nitrogen and oxygen atoms in total. The summed E-state index contributed by atoms with van der Waals surface area (Å²) in [6, 6.07) is 60.9. The first-order valence-electron chi connectivity index (χ1n) is 17.3. The minimum Gasteiger partial charge on any atom is -0.355 e. The monoisotopic (exact) mass is 687 g/mol. The van der Waals surface area contributed by atoms with Crippen LogP contribution in [0.4, 0.5) is 11.4 Å². The van der Waals surface area contributed by atoms with E-state index in [1.165, 1.54) is 31.3 Å². The molecule has 9 rings (SSSR count). The Balaban J connectivity index is 1.05. The lowest BCUT2D eigenvalue weighted by Crippen LogP contribution is -2.16. The van der Waals surface area contributed by atoms with Crippen LogP contribution in [-0.2, 0) is 6.54 Å². The fourth-order valence-electron chi connectivity index (χ4n) is 7.18. The molecule has 1 fully saturated rings. The van der Waals surface area contributed by atoms with E-state index >= 15 is 0 Å². The number of nitriles is 1. The van der Waals surface area contributed by atoms with Gasteiger partial charge in [-0.25, -0.2) is 0 Å². The van der Waals surface area contributed by atoms with Gasteiger partial charge in [0.15, 0.2) is 0 Å². The molecule has 0 saturated carbocycles. The van der Waals surface area contributed by atoms with Crippen LogP contribution in [0.1, 0.15) is 28.4 Å². The van der Waals surface area contributed by atoms with E-state index in [9.17, 15) is 5.26 Å². The van der Waals surface area contributed by atoms with E-state index in [2.05, 4.69) is 144 Å². The largest absolute Gasteiger partial charge is 0.355 e. The van der Waals surface area contributed by atoms with Gasteiger partial charge in [-0.15, -0.1) is 11.3 Å². The Morgan fingerprint density at radius 2 is 1.42 bits per heavy atom. The Kier molecular flexibility index (Phi) is 8.05.